The van der Waals surface area contributed by atoms with Gasteiger partial charge in [0.1, 0.15) is 30.3 Å². The standard InChI is InChI=1S/C20H22N4O3/c1-25-14-3-5-18-16(7-14)20(10-26-19(21)24-20)15-6-12(2-4-17(15)27-18)13-8-22-11-23-9-13/h2,4,6,8-9,11,14,16,18H,3,5,7,10H2,1H3,(H2,21,24)/t14?,16-,18?,20?/m0/s1. The largest absolute Gasteiger partial charge is 0.490 e. The van der Waals surface area contributed by atoms with Crippen molar-refractivity contribution in [3.05, 3.63) is 42.5 Å². The molecule has 5 rings (SSSR count). The van der Waals surface area contributed by atoms with Crippen molar-refractivity contribution in [1.82, 2.24) is 9.97 Å². The Bertz CT molecular complexity index is 888. The van der Waals surface area contributed by atoms with E-state index in [4.69, 9.17) is 24.9 Å². The second kappa shape index (κ2) is 6.20. The van der Waals surface area contributed by atoms with E-state index in [1.54, 1.807) is 19.5 Å². The summed E-state index contributed by atoms with van der Waals surface area (Å²) in [4.78, 5) is 13.1. The third-order valence-corrected chi connectivity index (χ3v) is 6.05. The maximum absolute atomic E-state index is 6.39. The zero-order valence-corrected chi connectivity index (χ0v) is 15.2. The smallest absolute Gasteiger partial charge is 0.283 e. The number of benzene rings is 1. The summed E-state index contributed by atoms with van der Waals surface area (Å²) >= 11 is 0. The predicted molar refractivity (Wildman–Crippen MR) is 99.3 cm³/mol. The number of hydrogen-bond acceptors (Lipinski definition) is 7. The maximum atomic E-state index is 6.39. The number of rotatable bonds is 2. The highest BCUT2D eigenvalue weighted by atomic mass is 16.5. The molecule has 2 aromatic rings. The molecule has 140 valence electrons. The van der Waals surface area contributed by atoms with E-state index in [1.807, 2.05) is 12.1 Å². The Morgan fingerprint density at radius 3 is 2.78 bits per heavy atom. The van der Waals surface area contributed by atoms with Crippen LogP contribution in [0.25, 0.3) is 11.1 Å². The quantitative estimate of drug-likeness (QED) is 0.876. The number of aliphatic imine (C=N–C) groups is 1. The molecule has 2 aliphatic heterocycles. The monoisotopic (exact) mass is 366 g/mol. The molecule has 0 amide bonds. The van der Waals surface area contributed by atoms with Crippen molar-refractivity contribution in [3.8, 4) is 16.9 Å². The van der Waals surface area contributed by atoms with Crippen LogP contribution in [-0.2, 0) is 15.0 Å². The first-order chi connectivity index (χ1) is 13.2. The first kappa shape index (κ1) is 16.5. The number of methoxy groups -OCH3 is 1. The summed E-state index contributed by atoms with van der Waals surface area (Å²) in [7, 11) is 1.77. The van der Waals surface area contributed by atoms with Gasteiger partial charge in [-0.2, -0.15) is 0 Å². The molecule has 2 N–H and O–H groups in total. The van der Waals surface area contributed by atoms with E-state index >= 15 is 0 Å². The maximum Gasteiger partial charge on any atom is 0.283 e. The molecule has 3 aliphatic rings. The van der Waals surface area contributed by atoms with E-state index in [-0.39, 0.29) is 24.1 Å². The molecule has 4 atom stereocenters. The molecule has 3 unspecified atom stereocenters. The Hall–Kier alpha value is -2.67. The summed E-state index contributed by atoms with van der Waals surface area (Å²) in [5.41, 5.74) is 8.43. The van der Waals surface area contributed by atoms with Gasteiger partial charge in [-0.25, -0.2) is 15.0 Å². The third kappa shape index (κ3) is 2.56. The van der Waals surface area contributed by atoms with Crippen LogP contribution in [0.5, 0.6) is 5.75 Å². The second-order valence-electron chi connectivity index (χ2n) is 7.43. The van der Waals surface area contributed by atoms with Gasteiger partial charge in [-0.05, 0) is 37.0 Å². The molecule has 0 bridgehead atoms. The summed E-state index contributed by atoms with van der Waals surface area (Å²) < 4.78 is 17.7. The van der Waals surface area contributed by atoms with Crippen molar-refractivity contribution in [2.45, 2.75) is 37.0 Å². The molecule has 1 aromatic heterocycles. The molecule has 1 aromatic carbocycles. The number of amidine groups is 1. The SMILES string of the molecule is COC1CCC2Oc3ccc(-c4cncnc4)cc3C3(COC(N)=N3)[C@H]2C1. The fourth-order valence-corrected chi connectivity index (χ4v) is 4.70. The molecule has 1 spiro atoms. The molecule has 3 heterocycles. The zero-order chi connectivity index (χ0) is 18.4. The summed E-state index contributed by atoms with van der Waals surface area (Å²) in [5, 5.41) is 0. The molecule has 1 saturated carbocycles. The molecule has 27 heavy (non-hydrogen) atoms. The Balaban J connectivity index is 1.64. The van der Waals surface area contributed by atoms with E-state index in [1.165, 1.54) is 6.33 Å². The zero-order valence-electron chi connectivity index (χ0n) is 15.2. The van der Waals surface area contributed by atoms with Gasteiger partial charge in [-0.1, -0.05) is 6.07 Å². The molecule has 1 aliphatic carbocycles. The Labute approximate surface area is 157 Å². The van der Waals surface area contributed by atoms with Crippen LogP contribution in [0, 0.1) is 5.92 Å². The average molecular weight is 366 g/mol. The fraction of sp³-hybridized carbons (Fsp3) is 0.450. The van der Waals surface area contributed by atoms with Crippen LogP contribution in [0.15, 0.2) is 41.9 Å². The van der Waals surface area contributed by atoms with Crippen molar-refractivity contribution >= 4 is 6.02 Å². The molecule has 0 radical (unpaired) electrons. The van der Waals surface area contributed by atoms with Gasteiger partial charge in [0.05, 0.1) is 6.10 Å². The number of ether oxygens (including phenoxy) is 3. The number of aromatic nitrogens is 2. The first-order valence-corrected chi connectivity index (χ1v) is 9.27. The lowest BCUT2D eigenvalue weighted by molar-refractivity contribution is -0.0490. The van der Waals surface area contributed by atoms with Crippen LogP contribution < -0.4 is 10.5 Å². The minimum Gasteiger partial charge on any atom is -0.490 e. The Kier molecular flexibility index (Phi) is 3.79. The highest BCUT2D eigenvalue weighted by molar-refractivity contribution is 5.75. The van der Waals surface area contributed by atoms with Gasteiger partial charge in [0.25, 0.3) is 6.02 Å². The third-order valence-electron chi connectivity index (χ3n) is 6.05. The lowest BCUT2D eigenvalue weighted by Crippen LogP contribution is -2.52. The van der Waals surface area contributed by atoms with Gasteiger partial charge in [0, 0.05) is 36.5 Å². The highest BCUT2D eigenvalue weighted by Gasteiger charge is 2.55. The van der Waals surface area contributed by atoms with E-state index in [0.717, 1.165) is 41.7 Å². The molecular weight excluding hydrogens is 344 g/mol. The second-order valence-corrected chi connectivity index (χ2v) is 7.43. The number of nitrogens with zero attached hydrogens (tertiary/aromatic N) is 3. The first-order valence-electron chi connectivity index (χ1n) is 9.27. The van der Waals surface area contributed by atoms with Crippen molar-refractivity contribution in [2.75, 3.05) is 13.7 Å². The van der Waals surface area contributed by atoms with Crippen LogP contribution >= 0.6 is 0 Å². The van der Waals surface area contributed by atoms with Crippen LogP contribution in [0.2, 0.25) is 0 Å². The van der Waals surface area contributed by atoms with Crippen LogP contribution in [0.3, 0.4) is 0 Å². The molecule has 1 fully saturated rings. The van der Waals surface area contributed by atoms with Gasteiger partial charge in [-0.15, -0.1) is 0 Å². The van der Waals surface area contributed by atoms with Crippen molar-refractivity contribution < 1.29 is 14.2 Å². The number of fused-ring (bicyclic) bond motifs is 4. The van der Waals surface area contributed by atoms with Gasteiger partial charge >= 0.3 is 0 Å². The average Bonchev–Trinajstić information content (AvgIpc) is 3.11. The minimum atomic E-state index is -0.537. The van der Waals surface area contributed by atoms with E-state index in [2.05, 4.69) is 16.0 Å². The van der Waals surface area contributed by atoms with Crippen molar-refractivity contribution in [1.29, 1.82) is 0 Å². The molecule has 7 heteroatoms. The topological polar surface area (TPSA) is 91.8 Å². The number of nitrogens with two attached hydrogens (primary N) is 1. The van der Waals surface area contributed by atoms with E-state index in [9.17, 15) is 0 Å². The number of hydrogen-bond donors (Lipinski definition) is 1. The van der Waals surface area contributed by atoms with Gasteiger partial charge in [0.15, 0.2) is 0 Å². The summed E-state index contributed by atoms with van der Waals surface area (Å²) in [6.07, 6.45) is 8.23. The van der Waals surface area contributed by atoms with Gasteiger partial charge < -0.3 is 19.9 Å². The lowest BCUT2D eigenvalue weighted by atomic mass is 9.67. The van der Waals surface area contributed by atoms with Crippen LogP contribution in [0.1, 0.15) is 24.8 Å². The Morgan fingerprint density at radius 2 is 2.04 bits per heavy atom. The minimum absolute atomic E-state index is 0.0908. The van der Waals surface area contributed by atoms with E-state index < -0.39 is 5.54 Å². The van der Waals surface area contributed by atoms with E-state index in [0.29, 0.717) is 6.61 Å². The lowest BCUT2D eigenvalue weighted by Gasteiger charge is -2.47. The Morgan fingerprint density at radius 1 is 1.19 bits per heavy atom. The van der Waals surface area contributed by atoms with Gasteiger partial charge in [0.2, 0.25) is 0 Å². The van der Waals surface area contributed by atoms with Crippen LogP contribution in [0.4, 0.5) is 0 Å². The van der Waals surface area contributed by atoms with Gasteiger partial charge in [-0.3, -0.25) is 0 Å². The highest BCUT2D eigenvalue weighted by Crippen LogP contribution is 2.53. The summed E-state index contributed by atoms with van der Waals surface area (Å²) in [6, 6.07) is 6.42. The van der Waals surface area contributed by atoms with Crippen molar-refractivity contribution in [3.63, 3.8) is 0 Å². The summed E-state index contributed by atoms with van der Waals surface area (Å²) in [6.45, 7) is 0.432. The van der Waals surface area contributed by atoms with Crippen molar-refractivity contribution in [2.24, 2.45) is 16.6 Å². The fourth-order valence-electron chi connectivity index (χ4n) is 4.70. The molecule has 0 saturated heterocycles. The summed E-state index contributed by atoms with van der Waals surface area (Å²) in [5.74, 6) is 1.02. The normalized spacial score (nSPS) is 31.4. The molecular formula is C20H22N4O3. The predicted octanol–water partition coefficient (Wildman–Crippen LogP) is 2.26. The van der Waals surface area contributed by atoms with Crippen LogP contribution in [-0.4, -0.2) is 41.9 Å². The molecule has 7 nitrogen and oxygen atoms in total.